The molecule has 0 bridgehead atoms. The fourth-order valence-corrected chi connectivity index (χ4v) is 6.27. The van der Waals surface area contributed by atoms with Crippen LogP contribution in [0.4, 0.5) is 0 Å². The quantitative estimate of drug-likeness (QED) is 0.193. The van der Waals surface area contributed by atoms with E-state index in [-0.39, 0.29) is 5.41 Å². The zero-order valence-electron chi connectivity index (χ0n) is 27.7. The van der Waals surface area contributed by atoms with Crippen LogP contribution in [0.3, 0.4) is 0 Å². The number of pyridine rings is 1. The second-order valence-electron chi connectivity index (χ2n) is 12.9. The van der Waals surface area contributed by atoms with Gasteiger partial charge in [0.25, 0.3) is 0 Å². The number of nitrogens with zero attached hydrogens (tertiary/aromatic N) is 4. The molecule has 0 aliphatic rings. The number of fused-ring (bicyclic) bond motifs is 3. The first kappa shape index (κ1) is 27.4. The zero-order chi connectivity index (χ0) is 32.2. The van der Waals surface area contributed by atoms with Gasteiger partial charge in [-0.15, -0.1) is 0 Å². The maximum atomic E-state index is 8.29. The van der Waals surface area contributed by atoms with E-state index in [2.05, 4.69) is 112 Å². The van der Waals surface area contributed by atoms with Crippen molar-refractivity contribution in [3.63, 3.8) is 0 Å². The molecule has 4 aromatic carbocycles. The average molecular weight is 592 g/mol. The summed E-state index contributed by atoms with van der Waals surface area (Å²) in [5.74, 6) is 2.53. The van der Waals surface area contributed by atoms with Gasteiger partial charge in [0.2, 0.25) is 0 Å². The average Bonchev–Trinajstić information content (AvgIpc) is 3.52. The van der Waals surface area contributed by atoms with Gasteiger partial charge in [-0.2, -0.15) is 5.10 Å². The summed E-state index contributed by atoms with van der Waals surface area (Å²) in [6.07, 6.45) is 1.69. The third kappa shape index (κ3) is 5.18. The van der Waals surface area contributed by atoms with E-state index in [0.717, 1.165) is 61.5 Å². The molecule has 0 spiro atoms. The molecule has 0 N–H and O–H groups in total. The molecule has 0 saturated carbocycles. The highest BCUT2D eigenvalue weighted by atomic mass is 16.5. The van der Waals surface area contributed by atoms with E-state index in [1.807, 2.05) is 35.0 Å². The van der Waals surface area contributed by atoms with E-state index in [4.69, 9.17) is 11.2 Å². The molecule has 45 heavy (non-hydrogen) atoms. The van der Waals surface area contributed by atoms with Crippen LogP contribution in [-0.2, 0) is 0 Å². The molecule has 7 rings (SSSR count). The molecule has 0 aliphatic carbocycles. The van der Waals surface area contributed by atoms with Gasteiger partial charge in [-0.05, 0) is 84.8 Å². The molecule has 3 aromatic heterocycles. The van der Waals surface area contributed by atoms with Gasteiger partial charge in [0.05, 0.1) is 23.8 Å². The number of hydrogen-bond acceptors (Lipinski definition) is 3. The molecule has 3 heterocycles. The summed E-state index contributed by atoms with van der Waals surface area (Å²) in [7, 11) is 0. The number of rotatable bonds is 6. The first-order chi connectivity index (χ1) is 22.1. The molecule has 0 aliphatic heterocycles. The van der Waals surface area contributed by atoms with E-state index in [1.54, 1.807) is 18.3 Å². The van der Waals surface area contributed by atoms with Gasteiger partial charge in [-0.3, -0.25) is 4.57 Å². The highest BCUT2D eigenvalue weighted by Crippen LogP contribution is 2.40. The topological polar surface area (TPSA) is 44.9 Å². The summed E-state index contributed by atoms with van der Waals surface area (Å²) in [6, 6.07) is 35.3. The molecule has 1 atom stereocenters. The van der Waals surface area contributed by atoms with Crippen LogP contribution in [0.15, 0.2) is 115 Å². The summed E-state index contributed by atoms with van der Waals surface area (Å²) >= 11 is 0. The van der Waals surface area contributed by atoms with E-state index in [0.29, 0.717) is 17.8 Å². The number of hydrogen-bond donors (Lipinski definition) is 0. The zero-order valence-corrected chi connectivity index (χ0v) is 26.7. The molecule has 224 valence electrons. The van der Waals surface area contributed by atoms with E-state index in [1.165, 1.54) is 5.56 Å². The molecule has 0 amide bonds. The number of aryl methyl sites for hydroxylation is 1. The second-order valence-corrected chi connectivity index (χ2v) is 12.9. The maximum Gasteiger partial charge on any atom is 0.137 e. The SMILES string of the molecule is [2H]c1ccnc(-n2c3ccc(C(C)C(C)(C)C)cc3c3ccc(Oc4cccc(-n5nc(C)c(-c6ccccc6)c5C)c4)cc32)c1. The maximum absolute atomic E-state index is 8.29. The first-order valence-electron chi connectivity index (χ1n) is 16.0. The smallest absolute Gasteiger partial charge is 0.137 e. The first-order valence-corrected chi connectivity index (χ1v) is 15.5. The molecular weight excluding hydrogens is 552 g/mol. The van der Waals surface area contributed by atoms with Crippen LogP contribution in [-0.4, -0.2) is 19.3 Å². The summed E-state index contributed by atoms with van der Waals surface area (Å²) in [6.45, 7) is 13.3. The van der Waals surface area contributed by atoms with Crippen LogP contribution in [0.5, 0.6) is 11.5 Å². The fraction of sp³-hybridized carbons (Fsp3) is 0.200. The van der Waals surface area contributed by atoms with Crippen molar-refractivity contribution in [2.75, 3.05) is 0 Å². The second kappa shape index (κ2) is 11.1. The number of benzene rings is 4. The van der Waals surface area contributed by atoms with Crippen LogP contribution in [0.25, 0.3) is 44.4 Å². The predicted octanol–water partition coefficient (Wildman–Crippen LogP) is 10.6. The van der Waals surface area contributed by atoms with Crippen molar-refractivity contribution in [2.45, 2.75) is 47.5 Å². The molecule has 5 heteroatoms. The molecule has 7 aromatic rings. The van der Waals surface area contributed by atoms with Crippen LogP contribution in [0.1, 0.15) is 51.9 Å². The van der Waals surface area contributed by atoms with Gasteiger partial charge in [-0.1, -0.05) is 76.2 Å². The summed E-state index contributed by atoms with van der Waals surface area (Å²) < 4.78 is 18.9. The lowest BCUT2D eigenvalue weighted by Crippen LogP contribution is -2.15. The Hall–Kier alpha value is -5.16. The summed E-state index contributed by atoms with van der Waals surface area (Å²) in [5, 5.41) is 7.17. The minimum atomic E-state index is 0.138. The van der Waals surface area contributed by atoms with Gasteiger partial charge in [0.15, 0.2) is 0 Å². The standard InChI is InChI=1S/C40H38N4O/c1-26(40(4,5)6)30-18-21-36-35(23-30)34-20-19-33(25-37(34)43(36)38-17-10-11-22-41-38)45-32-16-12-15-31(24-32)44-28(3)39(27(2)42-44)29-13-8-7-9-14-29/h7-26H,1-6H3/i10D. The monoisotopic (exact) mass is 591 g/mol. The Balaban J connectivity index is 1.31. The van der Waals surface area contributed by atoms with Gasteiger partial charge in [0, 0.05) is 40.4 Å². The van der Waals surface area contributed by atoms with Crippen molar-refractivity contribution in [3.8, 4) is 34.1 Å². The third-order valence-corrected chi connectivity index (χ3v) is 9.03. The molecular formula is C40H38N4O. The lowest BCUT2D eigenvalue weighted by atomic mass is 9.77. The molecule has 5 nitrogen and oxygen atoms in total. The highest BCUT2D eigenvalue weighted by molar-refractivity contribution is 6.09. The van der Waals surface area contributed by atoms with Gasteiger partial charge >= 0.3 is 0 Å². The molecule has 0 fully saturated rings. The molecule has 0 radical (unpaired) electrons. The molecule has 1 unspecified atom stereocenters. The van der Waals surface area contributed by atoms with Crippen LogP contribution < -0.4 is 4.74 Å². The number of aromatic nitrogens is 4. The lowest BCUT2D eigenvalue weighted by molar-refractivity contribution is 0.340. The number of ether oxygens (including phenoxy) is 1. The van der Waals surface area contributed by atoms with Gasteiger partial charge in [0.1, 0.15) is 17.3 Å². The third-order valence-electron chi connectivity index (χ3n) is 9.03. The largest absolute Gasteiger partial charge is 0.457 e. The van der Waals surface area contributed by atoms with Crippen molar-refractivity contribution in [1.29, 1.82) is 0 Å². The van der Waals surface area contributed by atoms with Crippen LogP contribution in [0, 0.1) is 19.3 Å². The normalized spacial score (nSPS) is 12.9. The van der Waals surface area contributed by atoms with Gasteiger partial charge in [-0.25, -0.2) is 9.67 Å². The van der Waals surface area contributed by atoms with Crippen molar-refractivity contribution in [2.24, 2.45) is 5.41 Å². The van der Waals surface area contributed by atoms with Gasteiger partial charge < -0.3 is 4.74 Å². The Kier molecular flexibility index (Phi) is 6.75. The Bertz CT molecular complexity index is 2220. The highest BCUT2D eigenvalue weighted by Gasteiger charge is 2.23. The van der Waals surface area contributed by atoms with Crippen molar-refractivity contribution in [3.05, 3.63) is 132 Å². The van der Waals surface area contributed by atoms with Crippen molar-refractivity contribution < 1.29 is 6.11 Å². The Morgan fingerprint density at radius 3 is 2.36 bits per heavy atom. The Morgan fingerprint density at radius 1 is 0.778 bits per heavy atom. The van der Waals surface area contributed by atoms with Crippen LogP contribution in [0.2, 0.25) is 0 Å². The van der Waals surface area contributed by atoms with Crippen molar-refractivity contribution in [1.82, 2.24) is 19.3 Å². The lowest BCUT2D eigenvalue weighted by Gasteiger charge is -2.27. The van der Waals surface area contributed by atoms with Crippen LogP contribution >= 0.6 is 0 Å². The van der Waals surface area contributed by atoms with E-state index >= 15 is 0 Å². The Morgan fingerprint density at radius 2 is 1.58 bits per heavy atom. The minimum absolute atomic E-state index is 0.138. The minimum Gasteiger partial charge on any atom is -0.457 e. The summed E-state index contributed by atoms with van der Waals surface area (Å²) in [5.41, 5.74) is 8.78. The van der Waals surface area contributed by atoms with E-state index < -0.39 is 0 Å². The predicted molar refractivity (Wildman–Crippen MR) is 185 cm³/mol. The fourth-order valence-electron chi connectivity index (χ4n) is 6.27. The molecule has 0 saturated heterocycles. The van der Waals surface area contributed by atoms with E-state index in [9.17, 15) is 0 Å². The van der Waals surface area contributed by atoms with Crippen molar-refractivity contribution >= 4 is 21.8 Å². The Labute approximate surface area is 266 Å². The summed E-state index contributed by atoms with van der Waals surface area (Å²) in [4.78, 5) is 4.67.